The second kappa shape index (κ2) is 50.8. The number of unbranched alkanes of at least 4 members (excludes halogenated alkanes) is 31. The van der Waals surface area contributed by atoms with Gasteiger partial charge in [0.2, 0.25) is 0 Å². The summed E-state index contributed by atoms with van der Waals surface area (Å²) in [6, 6.07) is 0. The first-order valence-electron chi connectivity index (χ1n) is 28.4. The molecule has 1 N–H and O–H groups in total. The van der Waals surface area contributed by atoms with Crippen LogP contribution in [0.1, 0.15) is 258 Å². The lowest BCUT2D eigenvalue weighted by molar-refractivity contribution is -0.870. The lowest BCUT2D eigenvalue weighted by Gasteiger charge is -2.24. The molecule has 0 amide bonds. The van der Waals surface area contributed by atoms with E-state index in [1.165, 1.54) is 193 Å². The topological polar surface area (TPSA) is 91.3 Å². The van der Waals surface area contributed by atoms with Crippen LogP contribution >= 0.6 is 7.82 Å². The minimum absolute atomic E-state index is 0.0874. The monoisotopic (exact) mass is 965 g/mol. The number of carbonyl (C=O) groups excluding carboxylic acids is 1. The van der Waals surface area contributed by atoms with Crippen LogP contribution in [-0.4, -0.2) is 75.6 Å². The highest BCUT2D eigenvalue weighted by Crippen LogP contribution is 2.43. The summed E-state index contributed by atoms with van der Waals surface area (Å²) in [4.78, 5) is 23.1. The van der Waals surface area contributed by atoms with Crippen LogP contribution in [0.25, 0.3) is 0 Å². The predicted molar refractivity (Wildman–Crippen MR) is 289 cm³/mol. The van der Waals surface area contributed by atoms with E-state index in [1.54, 1.807) is 0 Å². The average Bonchev–Trinajstić information content (AvgIpc) is 3.29. The number of quaternary nitrogens is 1. The minimum Gasteiger partial charge on any atom is -0.457 e. The summed E-state index contributed by atoms with van der Waals surface area (Å²) in [5, 5.41) is 0. The van der Waals surface area contributed by atoms with E-state index in [0.717, 1.165) is 44.9 Å². The third-order valence-corrected chi connectivity index (χ3v) is 13.3. The van der Waals surface area contributed by atoms with Gasteiger partial charge in [-0.2, -0.15) is 0 Å². The molecule has 0 aromatic heterocycles. The Morgan fingerprint density at radius 1 is 0.463 bits per heavy atom. The molecule has 0 aliphatic heterocycles. The van der Waals surface area contributed by atoms with Crippen LogP contribution in [0.15, 0.2) is 48.6 Å². The molecule has 67 heavy (non-hydrogen) atoms. The zero-order valence-corrected chi connectivity index (χ0v) is 45.8. The standard InChI is InChI=1S/C58H110NO7P/c1-6-8-10-12-14-16-18-20-22-24-26-27-28-29-30-31-32-34-36-38-40-42-44-46-48-50-53-63-55-57(56-65-67(61,62)64-54-52-59(3,4)5)66-58(60)51-49-47-45-43-41-39-37-35-33-25-23-21-19-17-15-13-11-9-7-2/h18,20-21,23-24,26,28-29,57H,6-17,19,22,25,27,30-56H2,1-5H3/p+1/b20-18-,23-21-,26-24-,29-28-. The molecule has 0 saturated carbocycles. The molecule has 0 fully saturated rings. The molecule has 0 spiro atoms. The fraction of sp³-hybridized carbons (Fsp3) is 0.845. The Kier molecular flexibility index (Phi) is 49.7. The van der Waals surface area contributed by atoms with Crippen molar-refractivity contribution < 1.29 is 37.3 Å². The van der Waals surface area contributed by atoms with Gasteiger partial charge in [-0.1, -0.05) is 223 Å². The maximum atomic E-state index is 12.8. The molecular formula is C58H111NO7P+. The third-order valence-electron chi connectivity index (χ3n) is 12.4. The summed E-state index contributed by atoms with van der Waals surface area (Å²) in [6.07, 6.45) is 64.5. The summed E-state index contributed by atoms with van der Waals surface area (Å²) in [5.41, 5.74) is 0. The van der Waals surface area contributed by atoms with E-state index in [1.807, 2.05) is 21.1 Å². The number of allylic oxidation sites excluding steroid dienone is 8. The molecule has 394 valence electrons. The van der Waals surface area contributed by atoms with Crippen molar-refractivity contribution >= 4 is 13.8 Å². The van der Waals surface area contributed by atoms with E-state index < -0.39 is 13.9 Å². The molecule has 0 heterocycles. The first-order chi connectivity index (χ1) is 32.6. The minimum atomic E-state index is -4.29. The van der Waals surface area contributed by atoms with Crippen molar-refractivity contribution in [2.24, 2.45) is 0 Å². The van der Waals surface area contributed by atoms with Crippen molar-refractivity contribution in [1.29, 1.82) is 0 Å². The number of likely N-dealkylation sites (N-methyl/N-ethyl adjacent to an activating group) is 1. The number of hydrogen-bond acceptors (Lipinski definition) is 6. The lowest BCUT2D eigenvalue weighted by Crippen LogP contribution is -2.37. The normalized spacial score (nSPS) is 13.8. The van der Waals surface area contributed by atoms with E-state index in [9.17, 15) is 14.3 Å². The second-order valence-corrected chi connectivity index (χ2v) is 21.8. The van der Waals surface area contributed by atoms with Gasteiger partial charge in [0.25, 0.3) is 0 Å². The molecule has 0 bridgehead atoms. The van der Waals surface area contributed by atoms with Crippen LogP contribution in [0.3, 0.4) is 0 Å². The second-order valence-electron chi connectivity index (χ2n) is 20.3. The van der Waals surface area contributed by atoms with Crippen LogP contribution < -0.4 is 0 Å². The van der Waals surface area contributed by atoms with Crippen molar-refractivity contribution in [3.05, 3.63) is 48.6 Å². The number of esters is 1. The van der Waals surface area contributed by atoms with Crippen molar-refractivity contribution in [3.8, 4) is 0 Å². The van der Waals surface area contributed by atoms with E-state index in [2.05, 4.69) is 62.5 Å². The van der Waals surface area contributed by atoms with Gasteiger partial charge in [-0.3, -0.25) is 13.8 Å². The van der Waals surface area contributed by atoms with Gasteiger partial charge in [0.05, 0.1) is 34.4 Å². The van der Waals surface area contributed by atoms with Crippen LogP contribution in [-0.2, 0) is 27.9 Å². The number of ether oxygens (including phenoxy) is 2. The summed E-state index contributed by atoms with van der Waals surface area (Å²) >= 11 is 0. The molecule has 2 unspecified atom stereocenters. The van der Waals surface area contributed by atoms with E-state index in [4.69, 9.17) is 18.5 Å². The summed E-state index contributed by atoms with van der Waals surface area (Å²) in [6.45, 7) is 5.63. The van der Waals surface area contributed by atoms with Gasteiger partial charge >= 0.3 is 13.8 Å². The molecule has 0 rings (SSSR count). The van der Waals surface area contributed by atoms with Crippen LogP contribution in [0, 0.1) is 0 Å². The zero-order valence-electron chi connectivity index (χ0n) is 44.9. The Morgan fingerprint density at radius 3 is 1.24 bits per heavy atom. The summed E-state index contributed by atoms with van der Waals surface area (Å²) in [7, 11) is 1.67. The molecule has 0 aromatic rings. The fourth-order valence-electron chi connectivity index (χ4n) is 7.97. The molecule has 0 saturated heterocycles. The van der Waals surface area contributed by atoms with Gasteiger partial charge in [-0.05, 0) is 77.0 Å². The molecule has 0 aliphatic carbocycles. The molecule has 0 aliphatic rings. The number of phosphoric ester groups is 1. The molecular weight excluding hydrogens is 854 g/mol. The van der Waals surface area contributed by atoms with Gasteiger partial charge in [0, 0.05) is 13.0 Å². The molecule has 0 aromatic carbocycles. The SMILES string of the molecule is CCCCCCC/C=C\C/C=C\C/C=C\CCCCCCCCCCCCCOCC(COP(=O)(O)OCC[N+](C)(C)C)OC(=O)CCCCCCCCCCC/C=C\CCCCCCCC. The highest BCUT2D eigenvalue weighted by atomic mass is 31.2. The number of rotatable bonds is 53. The Bertz CT molecular complexity index is 1210. The van der Waals surface area contributed by atoms with Crippen LogP contribution in [0.5, 0.6) is 0 Å². The maximum absolute atomic E-state index is 12.8. The highest BCUT2D eigenvalue weighted by molar-refractivity contribution is 7.47. The van der Waals surface area contributed by atoms with Crippen molar-refractivity contribution in [3.63, 3.8) is 0 Å². The Balaban J connectivity index is 4.08. The molecule has 0 radical (unpaired) electrons. The Hall–Kier alpha value is -1.54. The van der Waals surface area contributed by atoms with Gasteiger partial charge in [0.15, 0.2) is 0 Å². The van der Waals surface area contributed by atoms with Gasteiger partial charge in [-0.15, -0.1) is 0 Å². The van der Waals surface area contributed by atoms with Crippen LogP contribution in [0.2, 0.25) is 0 Å². The van der Waals surface area contributed by atoms with E-state index in [0.29, 0.717) is 24.1 Å². The molecule has 8 nitrogen and oxygen atoms in total. The molecule has 2 atom stereocenters. The maximum Gasteiger partial charge on any atom is 0.472 e. The molecule has 9 heteroatoms. The van der Waals surface area contributed by atoms with Gasteiger partial charge in [-0.25, -0.2) is 4.57 Å². The van der Waals surface area contributed by atoms with Crippen LogP contribution in [0.4, 0.5) is 0 Å². The number of carbonyl (C=O) groups is 1. The zero-order chi connectivity index (χ0) is 49.0. The summed E-state index contributed by atoms with van der Waals surface area (Å²) in [5.74, 6) is -0.314. The first kappa shape index (κ1) is 65.5. The predicted octanol–water partition coefficient (Wildman–Crippen LogP) is 17.8. The Morgan fingerprint density at radius 2 is 0.821 bits per heavy atom. The van der Waals surface area contributed by atoms with E-state index >= 15 is 0 Å². The summed E-state index contributed by atoms with van der Waals surface area (Å²) < 4.78 is 35.2. The average molecular weight is 965 g/mol. The van der Waals surface area contributed by atoms with Gasteiger partial charge < -0.3 is 18.9 Å². The largest absolute Gasteiger partial charge is 0.472 e. The van der Waals surface area contributed by atoms with Crippen molar-refractivity contribution in [1.82, 2.24) is 0 Å². The Labute approximate surface area is 416 Å². The van der Waals surface area contributed by atoms with Crippen molar-refractivity contribution in [2.75, 3.05) is 54.1 Å². The third kappa shape index (κ3) is 55.3. The number of nitrogens with zero attached hydrogens (tertiary/aromatic N) is 1. The number of hydrogen-bond donors (Lipinski definition) is 1. The van der Waals surface area contributed by atoms with Gasteiger partial charge in [0.1, 0.15) is 19.3 Å². The fourth-order valence-corrected chi connectivity index (χ4v) is 8.71. The quantitative estimate of drug-likeness (QED) is 0.0213. The van der Waals surface area contributed by atoms with Crippen molar-refractivity contribution in [2.45, 2.75) is 264 Å². The first-order valence-corrected chi connectivity index (χ1v) is 29.9. The highest BCUT2D eigenvalue weighted by Gasteiger charge is 2.26. The van der Waals surface area contributed by atoms with E-state index in [-0.39, 0.29) is 25.8 Å². The number of phosphoric acid groups is 1. The lowest BCUT2D eigenvalue weighted by atomic mass is 10.1. The smallest absolute Gasteiger partial charge is 0.457 e.